The van der Waals surface area contributed by atoms with Gasteiger partial charge < -0.3 is 10.6 Å². The Balaban J connectivity index is 1.82. The van der Waals surface area contributed by atoms with Gasteiger partial charge in [0.05, 0.1) is 11.5 Å². The van der Waals surface area contributed by atoms with E-state index in [0.717, 1.165) is 12.8 Å². The maximum absolute atomic E-state index is 11.4. The summed E-state index contributed by atoms with van der Waals surface area (Å²) in [5, 5.41) is 16.5. The monoisotopic (exact) mass is 249 g/mol. The molecular formula is C12H15N3O3. The van der Waals surface area contributed by atoms with Crippen LogP contribution in [0.4, 0.5) is 5.69 Å². The first kappa shape index (κ1) is 12.5. The highest BCUT2D eigenvalue weighted by Gasteiger charge is 2.22. The molecule has 0 spiro atoms. The number of amides is 1. The second-order valence-electron chi connectivity index (χ2n) is 4.33. The molecule has 0 saturated heterocycles. The van der Waals surface area contributed by atoms with Crippen molar-refractivity contribution in [1.82, 2.24) is 10.6 Å². The minimum Gasteiger partial charge on any atom is -0.352 e. The zero-order valence-corrected chi connectivity index (χ0v) is 9.89. The molecule has 2 rings (SSSR count). The predicted octanol–water partition coefficient (Wildman–Crippen LogP) is 0.963. The van der Waals surface area contributed by atoms with Crippen molar-refractivity contribution in [2.75, 3.05) is 6.54 Å². The molecule has 0 heterocycles. The van der Waals surface area contributed by atoms with E-state index in [2.05, 4.69) is 10.6 Å². The lowest BCUT2D eigenvalue weighted by Crippen LogP contribution is -2.34. The molecule has 6 nitrogen and oxygen atoms in total. The number of para-hydroxylation sites is 1. The molecule has 1 saturated carbocycles. The first-order chi connectivity index (χ1) is 8.66. The molecule has 6 heteroatoms. The highest BCUT2D eigenvalue weighted by atomic mass is 16.6. The van der Waals surface area contributed by atoms with E-state index in [1.54, 1.807) is 18.2 Å². The number of carbonyl (C=O) groups is 1. The van der Waals surface area contributed by atoms with Crippen LogP contribution < -0.4 is 10.6 Å². The van der Waals surface area contributed by atoms with Crippen LogP contribution in [0, 0.1) is 10.1 Å². The molecule has 0 unspecified atom stereocenters. The molecular weight excluding hydrogens is 234 g/mol. The maximum atomic E-state index is 11.4. The Morgan fingerprint density at radius 2 is 2.11 bits per heavy atom. The topological polar surface area (TPSA) is 84.3 Å². The lowest BCUT2D eigenvalue weighted by Gasteiger charge is -2.06. The number of nitrogens with zero attached hydrogens (tertiary/aromatic N) is 1. The molecule has 0 bridgehead atoms. The van der Waals surface area contributed by atoms with E-state index >= 15 is 0 Å². The molecule has 0 aromatic heterocycles. The lowest BCUT2D eigenvalue weighted by molar-refractivity contribution is -0.385. The molecule has 1 aliphatic carbocycles. The molecule has 1 fully saturated rings. The SMILES string of the molecule is O=C(CNCc1ccccc1[N+](=O)[O-])NC1CC1. The highest BCUT2D eigenvalue weighted by Crippen LogP contribution is 2.18. The van der Waals surface area contributed by atoms with Gasteiger partial charge >= 0.3 is 0 Å². The van der Waals surface area contributed by atoms with Gasteiger partial charge in [-0.3, -0.25) is 14.9 Å². The average Bonchev–Trinajstić information content (AvgIpc) is 3.13. The molecule has 0 radical (unpaired) electrons. The summed E-state index contributed by atoms with van der Waals surface area (Å²) >= 11 is 0. The van der Waals surface area contributed by atoms with E-state index in [0.29, 0.717) is 18.2 Å². The first-order valence-corrected chi connectivity index (χ1v) is 5.89. The second kappa shape index (κ2) is 5.59. The van der Waals surface area contributed by atoms with E-state index in [1.807, 2.05) is 0 Å². The Morgan fingerprint density at radius 1 is 1.39 bits per heavy atom. The van der Waals surface area contributed by atoms with Crippen LogP contribution in [0.2, 0.25) is 0 Å². The molecule has 96 valence electrons. The molecule has 0 atom stereocenters. The Kier molecular flexibility index (Phi) is 3.88. The molecule has 1 aromatic carbocycles. The van der Waals surface area contributed by atoms with Crippen molar-refractivity contribution in [3.63, 3.8) is 0 Å². The summed E-state index contributed by atoms with van der Waals surface area (Å²) in [7, 11) is 0. The molecule has 1 amide bonds. The minimum atomic E-state index is -0.415. The third-order valence-electron chi connectivity index (χ3n) is 2.73. The third kappa shape index (κ3) is 3.53. The molecule has 1 aliphatic rings. The van der Waals surface area contributed by atoms with Crippen LogP contribution in [-0.4, -0.2) is 23.4 Å². The summed E-state index contributed by atoms with van der Waals surface area (Å²) in [4.78, 5) is 21.8. The molecule has 0 aliphatic heterocycles. The van der Waals surface area contributed by atoms with Gasteiger partial charge in [-0.1, -0.05) is 18.2 Å². The zero-order chi connectivity index (χ0) is 13.0. The number of benzene rings is 1. The molecule has 2 N–H and O–H groups in total. The summed E-state index contributed by atoms with van der Waals surface area (Å²) in [6.07, 6.45) is 2.10. The van der Waals surface area contributed by atoms with Crippen molar-refractivity contribution in [2.24, 2.45) is 0 Å². The van der Waals surface area contributed by atoms with Gasteiger partial charge in [0.2, 0.25) is 5.91 Å². The van der Waals surface area contributed by atoms with E-state index in [4.69, 9.17) is 0 Å². The van der Waals surface area contributed by atoms with Crippen LogP contribution in [-0.2, 0) is 11.3 Å². The van der Waals surface area contributed by atoms with Gasteiger partial charge in [0.15, 0.2) is 0 Å². The second-order valence-corrected chi connectivity index (χ2v) is 4.33. The molecule has 18 heavy (non-hydrogen) atoms. The van der Waals surface area contributed by atoms with Crippen LogP contribution in [0.5, 0.6) is 0 Å². The van der Waals surface area contributed by atoms with Gasteiger partial charge in [-0.05, 0) is 12.8 Å². The van der Waals surface area contributed by atoms with Gasteiger partial charge in [0.1, 0.15) is 0 Å². The fraction of sp³-hybridized carbons (Fsp3) is 0.417. The maximum Gasteiger partial charge on any atom is 0.273 e. The van der Waals surface area contributed by atoms with Crippen molar-refractivity contribution in [3.05, 3.63) is 39.9 Å². The van der Waals surface area contributed by atoms with Gasteiger partial charge in [-0.15, -0.1) is 0 Å². The largest absolute Gasteiger partial charge is 0.352 e. The number of nitro benzene ring substituents is 1. The zero-order valence-electron chi connectivity index (χ0n) is 9.89. The summed E-state index contributed by atoms with van der Waals surface area (Å²) in [5.74, 6) is -0.0592. The fourth-order valence-electron chi connectivity index (χ4n) is 1.66. The summed E-state index contributed by atoms with van der Waals surface area (Å²) < 4.78 is 0. The van der Waals surface area contributed by atoms with Crippen LogP contribution in [0.15, 0.2) is 24.3 Å². The lowest BCUT2D eigenvalue weighted by atomic mass is 10.2. The summed E-state index contributed by atoms with van der Waals surface area (Å²) in [5.41, 5.74) is 0.661. The Hall–Kier alpha value is -1.95. The standard InChI is InChI=1S/C12H15N3O3/c16-12(14-10-5-6-10)8-13-7-9-3-1-2-4-11(9)15(17)18/h1-4,10,13H,5-8H2,(H,14,16). The predicted molar refractivity (Wildman–Crippen MR) is 66.0 cm³/mol. The van der Waals surface area contributed by atoms with Crippen LogP contribution in [0.3, 0.4) is 0 Å². The smallest absolute Gasteiger partial charge is 0.273 e. The highest BCUT2D eigenvalue weighted by molar-refractivity contribution is 5.78. The van der Waals surface area contributed by atoms with Crippen molar-refractivity contribution in [3.8, 4) is 0 Å². The quantitative estimate of drug-likeness (QED) is 0.581. The van der Waals surface area contributed by atoms with E-state index in [1.165, 1.54) is 6.07 Å². The summed E-state index contributed by atoms with van der Waals surface area (Å²) in [6.45, 7) is 0.498. The van der Waals surface area contributed by atoms with E-state index in [9.17, 15) is 14.9 Å². The van der Waals surface area contributed by atoms with Gasteiger partial charge in [0, 0.05) is 24.2 Å². The number of carbonyl (C=O) groups excluding carboxylic acids is 1. The fourth-order valence-corrected chi connectivity index (χ4v) is 1.66. The van der Waals surface area contributed by atoms with Crippen LogP contribution in [0.25, 0.3) is 0 Å². The average molecular weight is 249 g/mol. The summed E-state index contributed by atoms with van der Waals surface area (Å²) in [6, 6.07) is 6.85. The van der Waals surface area contributed by atoms with Crippen LogP contribution >= 0.6 is 0 Å². The Labute approximate surface area is 105 Å². The number of nitrogens with one attached hydrogen (secondary N) is 2. The van der Waals surface area contributed by atoms with Gasteiger partial charge in [-0.25, -0.2) is 0 Å². The van der Waals surface area contributed by atoms with Gasteiger partial charge in [0.25, 0.3) is 5.69 Å². The normalized spacial score (nSPS) is 14.2. The van der Waals surface area contributed by atoms with Crippen LogP contribution in [0.1, 0.15) is 18.4 Å². The van der Waals surface area contributed by atoms with E-state index < -0.39 is 4.92 Å². The Bertz CT molecular complexity index is 458. The molecule has 1 aromatic rings. The van der Waals surface area contributed by atoms with E-state index in [-0.39, 0.29) is 18.1 Å². The first-order valence-electron chi connectivity index (χ1n) is 5.89. The van der Waals surface area contributed by atoms with Crippen molar-refractivity contribution < 1.29 is 9.72 Å². The number of rotatable bonds is 6. The Morgan fingerprint density at radius 3 is 2.78 bits per heavy atom. The minimum absolute atomic E-state index is 0.0592. The number of hydrogen-bond acceptors (Lipinski definition) is 4. The van der Waals surface area contributed by atoms with Crippen molar-refractivity contribution in [2.45, 2.75) is 25.4 Å². The van der Waals surface area contributed by atoms with Crippen molar-refractivity contribution >= 4 is 11.6 Å². The third-order valence-corrected chi connectivity index (χ3v) is 2.73. The van der Waals surface area contributed by atoms with Crippen molar-refractivity contribution in [1.29, 1.82) is 0 Å². The number of nitro groups is 1. The number of hydrogen-bond donors (Lipinski definition) is 2. The van der Waals surface area contributed by atoms with Gasteiger partial charge in [-0.2, -0.15) is 0 Å².